The molecule has 1 heterocycles. The van der Waals surface area contributed by atoms with Crippen molar-refractivity contribution >= 4 is 0 Å². The molecule has 0 aliphatic heterocycles. The van der Waals surface area contributed by atoms with Crippen LogP contribution < -0.4 is 5.73 Å². The molecule has 1 aromatic heterocycles. The predicted octanol–water partition coefficient (Wildman–Crippen LogP) is 1.82. The predicted molar refractivity (Wildman–Crippen MR) is 56.1 cm³/mol. The number of hydrogen-bond donors (Lipinski definition) is 1. The van der Waals surface area contributed by atoms with Gasteiger partial charge < -0.3 is 15.0 Å². The highest BCUT2D eigenvalue weighted by Gasteiger charge is 2.28. The Balaban J connectivity index is 2.85. The van der Waals surface area contributed by atoms with Gasteiger partial charge in [0, 0.05) is 7.11 Å². The lowest BCUT2D eigenvalue weighted by Gasteiger charge is -2.23. The smallest absolute Gasteiger partial charge is 0.244 e. The van der Waals surface area contributed by atoms with Crippen LogP contribution in [0.3, 0.4) is 0 Å². The lowest BCUT2D eigenvalue weighted by Crippen LogP contribution is -2.26. The van der Waals surface area contributed by atoms with E-state index < -0.39 is 0 Å². The van der Waals surface area contributed by atoms with Crippen LogP contribution in [0.5, 0.6) is 0 Å². The molecular weight excluding hydrogens is 194 g/mol. The molecule has 0 aromatic carbocycles. The number of methoxy groups -OCH3 is 1. The number of ether oxygens (including phenoxy) is 1. The molecule has 0 aliphatic rings. The van der Waals surface area contributed by atoms with Crippen molar-refractivity contribution < 1.29 is 9.26 Å². The Hall–Kier alpha value is -0.940. The third-order valence-electron chi connectivity index (χ3n) is 2.37. The number of nitrogens with two attached hydrogens (primary N) is 1. The molecule has 0 radical (unpaired) electrons. The van der Waals surface area contributed by atoms with E-state index in [0.717, 1.165) is 0 Å². The van der Waals surface area contributed by atoms with Crippen LogP contribution in [0, 0.1) is 5.41 Å². The van der Waals surface area contributed by atoms with Gasteiger partial charge in [0.2, 0.25) is 5.89 Å². The summed E-state index contributed by atoms with van der Waals surface area (Å²) in [5, 5.41) is 3.83. The zero-order valence-corrected chi connectivity index (χ0v) is 9.94. The van der Waals surface area contributed by atoms with Crippen LogP contribution in [-0.4, -0.2) is 17.3 Å². The Morgan fingerprint density at radius 3 is 2.47 bits per heavy atom. The number of aromatic nitrogens is 2. The first-order chi connectivity index (χ1) is 6.86. The Morgan fingerprint density at radius 2 is 2.00 bits per heavy atom. The van der Waals surface area contributed by atoms with E-state index in [0.29, 0.717) is 11.7 Å². The van der Waals surface area contributed by atoms with Gasteiger partial charge in [-0.1, -0.05) is 25.9 Å². The van der Waals surface area contributed by atoms with Gasteiger partial charge in [0.1, 0.15) is 6.10 Å². The number of rotatable bonds is 3. The summed E-state index contributed by atoms with van der Waals surface area (Å²) in [7, 11) is 1.60. The van der Waals surface area contributed by atoms with Crippen molar-refractivity contribution in [2.75, 3.05) is 7.11 Å². The van der Waals surface area contributed by atoms with Crippen LogP contribution in [0.2, 0.25) is 0 Å². The molecule has 2 N–H and O–H groups in total. The quantitative estimate of drug-likeness (QED) is 0.829. The highest BCUT2D eigenvalue weighted by Crippen LogP contribution is 2.29. The van der Waals surface area contributed by atoms with E-state index in [1.807, 2.05) is 27.7 Å². The molecular formula is C10H19N3O2. The summed E-state index contributed by atoms with van der Waals surface area (Å²) in [6.45, 7) is 7.95. The van der Waals surface area contributed by atoms with Crippen molar-refractivity contribution in [2.24, 2.45) is 11.1 Å². The van der Waals surface area contributed by atoms with E-state index in [9.17, 15) is 0 Å². The van der Waals surface area contributed by atoms with Crippen LogP contribution in [0.1, 0.15) is 51.6 Å². The SMILES string of the molecule is COC(C)c1noc([C@@H](N)C(C)(C)C)n1. The first-order valence-electron chi connectivity index (χ1n) is 4.98. The molecule has 1 unspecified atom stereocenters. The molecule has 0 amide bonds. The highest BCUT2D eigenvalue weighted by molar-refractivity contribution is 4.97. The van der Waals surface area contributed by atoms with Crippen molar-refractivity contribution in [3.8, 4) is 0 Å². The molecule has 0 aliphatic carbocycles. The maximum absolute atomic E-state index is 5.99. The lowest BCUT2D eigenvalue weighted by molar-refractivity contribution is 0.109. The minimum atomic E-state index is -0.261. The van der Waals surface area contributed by atoms with Crippen molar-refractivity contribution in [1.82, 2.24) is 10.1 Å². The molecule has 1 rings (SSSR count). The van der Waals surface area contributed by atoms with Gasteiger partial charge in [0.25, 0.3) is 0 Å². The van der Waals surface area contributed by atoms with Gasteiger partial charge >= 0.3 is 0 Å². The molecule has 5 nitrogen and oxygen atoms in total. The van der Waals surface area contributed by atoms with E-state index in [-0.39, 0.29) is 17.6 Å². The molecule has 15 heavy (non-hydrogen) atoms. The standard InChI is InChI=1S/C10H19N3O2/c1-6(14-5)8-12-9(15-13-8)7(11)10(2,3)4/h6-7H,11H2,1-5H3/t6?,7-/m1/s1. The van der Waals surface area contributed by atoms with E-state index in [1.165, 1.54) is 0 Å². The second-order valence-corrected chi connectivity index (χ2v) is 4.71. The van der Waals surface area contributed by atoms with Crippen molar-refractivity contribution in [2.45, 2.75) is 39.8 Å². The van der Waals surface area contributed by atoms with Gasteiger partial charge in [-0.25, -0.2) is 0 Å². The molecule has 0 bridgehead atoms. The van der Waals surface area contributed by atoms with Crippen LogP contribution in [0.4, 0.5) is 0 Å². The fourth-order valence-corrected chi connectivity index (χ4v) is 1.01. The Labute approximate surface area is 90.0 Å². The fraction of sp³-hybridized carbons (Fsp3) is 0.800. The van der Waals surface area contributed by atoms with Crippen LogP contribution in [0.25, 0.3) is 0 Å². The summed E-state index contributed by atoms with van der Waals surface area (Å²) >= 11 is 0. The Bertz CT molecular complexity index is 317. The second-order valence-electron chi connectivity index (χ2n) is 4.71. The maximum Gasteiger partial charge on any atom is 0.244 e. The first kappa shape index (κ1) is 12.1. The van der Waals surface area contributed by atoms with Gasteiger partial charge in [0.15, 0.2) is 5.82 Å². The number of hydrogen-bond acceptors (Lipinski definition) is 5. The van der Waals surface area contributed by atoms with E-state index in [1.54, 1.807) is 7.11 Å². The average molecular weight is 213 g/mol. The Kier molecular flexibility index (Phi) is 3.46. The molecule has 2 atom stereocenters. The summed E-state index contributed by atoms with van der Waals surface area (Å²) in [6.07, 6.45) is -0.172. The normalized spacial score (nSPS) is 16.4. The molecule has 86 valence electrons. The van der Waals surface area contributed by atoms with Gasteiger partial charge in [0.05, 0.1) is 6.04 Å². The summed E-state index contributed by atoms with van der Waals surface area (Å²) in [5.74, 6) is 0.994. The van der Waals surface area contributed by atoms with Gasteiger partial charge in [-0.2, -0.15) is 4.98 Å². The minimum Gasteiger partial charge on any atom is -0.374 e. The van der Waals surface area contributed by atoms with Gasteiger partial charge in [-0.3, -0.25) is 0 Å². The van der Waals surface area contributed by atoms with Gasteiger partial charge in [-0.05, 0) is 12.3 Å². The van der Waals surface area contributed by atoms with Gasteiger partial charge in [-0.15, -0.1) is 0 Å². The average Bonchev–Trinajstić information content (AvgIpc) is 2.62. The van der Waals surface area contributed by atoms with Crippen molar-refractivity contribution in [1.29, 1.82) is 0 Å². The lowest BCUT2D eigenvalue weighted by atomic mass is 9.87. The Morgan fingerprint density at radius 1 is 1.40 bits per heavy atom. The van der Waals surface area contributed by atoms with E-state index in [2.05, 4.69) is 10.1 Å². The summed E-state index contributed by atoms with van der Waals surface area (Å²) in [4.78, 5) is 4.22. The second kappa shape index (κ2) is 4.28. The zero-order valence-electron chi connectivity index (χ0n) is 9.94. The van der Waals surface area contributed by atoms with E-state index >= 15 is 0 Å². The summed E-state index contributed by atoms with van der Waals surface area (Å²) < 4.78 is 10.2. The zero-order chi connectivity index (χ0) is 11.6. The van der Waals surface area contributed by atoms with Crippen molar-refractivity contribution in [3.05, 3.63) is 11.7 Å². The summed E-state index contributed by atoms with van der Waals surface area (Å²) in [6, 6.07) is -0.261. The van der Waals surface area contributed by atoms with Crippen LogP contribution in [-0.2, 0) is 4.74 Å². The molecule has 0 saturated carbocycles. The fourth-order valence-electron chi connectivity index (χ4n) is 1.01. The first-order valence-corrected chi connectivity index (χ1v) is 4.98. The molecule has 0 fully saturated rings. The monoisotopic (exact) mass is 213 g/mol. The van der Waals surface area contributed by atoms with Crippen LogP contribution in [0.15, 0.2) is 4.52 Å². The van der Waals surface area contributed by atoms with Crippen molar-refractivity contribution in [3.63, 3.8) is 0 Å². The number of nitrogens with zero attached hydrogens (tertiary/aromatic N) is 2. The van der Waals surface area contributed by atoms with Crippen LogP contribution >= 0.6 is 0 Å². The third-order valence-corrected chi connectivity index (χ3v) is 2.37. The molecule has 1 aromatic rings. The topological polar surface area (TPSA) is 74.2 Å². The minimum absolute atomic E-state index is 0.0971. The third kappa shape index (κ3) is 2.76. The molecule has 5 heteroatoms. The summed E-state index contributed by atoms with van der Waals surface area (Å²) in [5.41, 5.74) is 5.89. The van der Waals surface area contributed by atoms with E-state index in [4.69, 9.17) is 15.0 Å². The highest BCUT2D eigenvalue weighted by atomic mass is 16.5. The molecule has 0 spiro atoms. The largest absolute Gasteiger partial charge is 0.374 e. The maximum atomic E-state index is 5.99. The molecule has 0 saturated heterocycles.